The van der Waals surface area contributed by atoms with Crippen molar-refractivity contribution in [3.8, 4) is 0 Å². The highest BCUT2D eigenvalue weighted by atomic mass is 16.5. The minimum atomic E-state index is -0.218. The molecule has 0 saturated heterocycles. The van der Waals surface area contributed by atoms with E-state index in [1.807, 2.05) is 30.3 Å². The molecule has 0 aromatic heterocycles. The van der Waals surface area contributed by atoms with Gasteiger partial charge in [-0.15, -0.1) is 0 Å². The van der Waals surface area contributed by atoms with Crippen LogP contribution in [0.15, 0.2) is 30.3 Å². The monoisotopic (exact) mass is 522 g/mol. The highest BCUT2D eigenvalue weighted by Crippen LogP contribution is 2.68. The van der Waals surface area contributed by atoms with Crippen LogP contribution in [0, 0.1) is 52.3 Å². The Labute approximate surface area is 230 Å². The number of aliphatic hydroxyl groups is 1. The first-order chi connectivity index (χ1) is 18.0. The minimum Gasteiger partial charge on any atom is -0.458 e. The molecule has 4 unspecified atom stereocenters. The van der Waals surface area contributed by atoms with Crippen molar-refractivity contribution >= 4 is 11.8 Å². The van der Waals surface area contributed by atoms with Gasteiger partial charge in [0.1, 0.15) is 11.9 Å². The summed E-state index contributed by atoms with van der Waals surface area (Å²) in [6, 6.07) is 9.42. The molecule has 4 saturated carbocycles. The molecule has 10 atom stereocenters. The Bertz CT molecular complexity index is 1000. The quantitative estimate of drug-likeness (QED) is 0.377. The molecule has 4 fully saturated rings. The van der Waals surface area contributed by atoms with E-state index in [0.717, 1.165) is 25.7 Å². The molecule has 4 heteroatoms. The van der Waals surface area contributed by atoms with Gasteiger partial charge in [0.25, 0.3) is 0 Å². The molecule has 1 N–H and O–H groups in total. The molecule has 4 aliphatic carbocycles. The summed E-state index contributed by atoms with van der Waals surface area (Å²) in [7, 11) is 0. The molecule has 4 nitrogen and oxygen atoms in total. The van der Waals surface area contributed by atoms with Crippen molar-refractivity contribution in [2.24, 2.45) is 52.3 Å². The van der Waals surface area contributed by atoms with Crippen LogP contribution < -0.4 is 0 Å². The lowest BCUT2D eigenvalue weighted by atomic mass is 9.43. The normalized spacial score (nSPS) is 40.1. The van der Waals surface area contributed by atoms with Crippen molar-refractivity contribution in [2.75, 3.05) is 0 Å². The van der Waals surface area contributed by atoms with Crippen molar-refractivity contribution < 1.29 is 19.4 Å². The van der Waals surface area contributed by atoms with Crippen LogP contribution in [0.25, 0.3) is 0 Å². The number of carbonyl (C=O) groups excluding carboxylic acids is 2. The minimum absolute atomic E-state index is 0.113. The molecular weight excluding hydrogens is 472 g/mol. The van der Waals surface area contributed by atoms with Crippen LogP contribution in [-0.2, 0) is 9.53 Å². The SMILES string of the molecule is CC(C)[C@H](O)CC[C@@H](C)C1CCC2C3C(CC[C@@]21C)[C@@]1(C)CCC(=O)C[C@@H]1C[C@H]3OC(=O)c1ccccc1. The zero-order valence-corrected chi connectivity index (χ0v) is 24.3. The first-order valence-corrected chi connectivity index (χ1v) is 15.5. The lowest BCUT2D eigenvalue weighted by Crippen LogP contribution is -2.59. The van der Waals surface area contributed by atoms with Gasteiger partial charge in [0.05, 0.1) is 11.7 Å². The average Bonchev–Trinajstić information content (AvgIpc) is 3.25. The maximum absolute atomic E-state index is 13.3. The molecule has 0 radical (unpaired) electrons. The van der Waals surface area contributed by atoms with Gasteiger partial charge in [-0.2, -0.15) is 0 Å². The summed E-state index contributed by atoms with van der Waals surface area (Å²) in [5, 5.41) is 10.5. The molecule has 5 rings (SSSR count). The van der Waals surface area contributed by atoms with Gasteiger partial charge >= 0.3 is 5.97 Å². The Balaban J connectivity index is 1.41. The van der Waals surface area contributed by atoms with Crippen molar-refractivity contribution in [1.29, 1.82) is 0 Å². The maximum Gasteiger partial charge on any atom is 0.338 e. The van der Waals surface area contributed by atoms with Crippen LogP contribution in [0.3, 0.4) is 0 Å². The van der Waals surface area contributed by atoms with Gasteiger partial charge in [-0.3, -0.25) is 4.79 Å². The summed E-state index contributed by atoms with van der Waals surface area (Å²) >= 11 is 0. The summed E-state index contributed by atoms with van der Waals surface area (Å²) in [6.07, 6.45) is 9.67. The fourth-order valence-corrected chi connectivity index (χ4v) is 9.83. The van der Waals surface area contributed by atoms with Gasteiger partial charge in [0.15, 0.2) is 0 Å². The van der Waals surface area contributed by atoms with Gasteiger partial charge in [0.2, 0.25) is 0 Å². The molecule has 210 valence electrons. The molecule has 1 aromatic carbocycles. The summed E-state index contributed by atoms with van der Waals surface area (Å²) in [5.74, 6) is 3.46. The lowest BCUT2D eigenvalue weighted by molar-refractivity contribution is -0.170. The number of esters is 1. The van der Waals surface area contributed by atoms with Crippen LogP contribution in [0.4, 0.5) is 0 Å². The Morgan fingerprint density at radius 2 is 1.71 bits per heavy atom. The second-order valence-electron chi connectivity index (χ2n) is 14.4. The van der Waals surface area contributed by atoms with Crippen LogP contribution >= 0.6 is 0 Å². The van der Waals surface area contributed by atoms with E-state index in [1.54, 1.807) is 0 Å². The molecular formula is C34H50O4. The van der Waals surface area contributed by atoms with Gasteiger partial charge < -0.3 is 9.84 Å². The van der Waals surface area contributed by atoms with Gasteiger partial charge in [0, 0.05) is 18.8 Å². The third-order valence-electron chi connectivity index (χ3n) is 12.2. The van der Waals surface area contributed by atoms with Crippen LogP contribution in [0.5, 0.6) is 0 Å². The Kier molecular flexibility index (Phi) is 7.86. The molecule has 0 spiro atoms. The zero-order valence-electron chi connectivity index (χ0n) is 24.3. The third kappa shape index (κ3) is 4.88. The highest BCUT2D eigenvalue weighted by molar-refractivity contribution is 5.89. The standard InChI is InChI=1S/C34H50O4/c1-21(2)29(36)14-11-22(3)26-12-13-27-31-28(16-18-34(26,27)5)33(4)17-15-25(35)19-24(33)20-30(31)38-32(37)23-9-7-6-8-10-23/h6-10,21-22,24,26-31,36H,11-20H2,1-5H3/t22-,24-,26?,27?,28?,29-,30-,31?,33+,34-/m1/s1. The van der Waals surface area contributed by atoms with Crippen LogP contribution in [0.1, 0.15) is 109 Å². The van der Waals surface area contributed by atoms with Crippen molar-refractivity contribution in [2.45, 2.75) is 111 Å². The van der Waals surface area contributed by atoms with E-state index in [2.05, 4.69) is 34.6 Å². The van der Waals surface area contributed by atoms with Gasteiger partial charge in [-0.1, -0.05) is 52.8 Å². The third-order valence-corrected chi connectivity index (χ3v) is 12.2. The predicted molar refractivity (Wildman–Crippen MR) is 150 cm³/mol. The van der Waals surface area contributed by atoms with E-state index in [-0.39, 0.29) is 29.0 Å². The Hall–Kier alpha value is -1.68. The average molecular weight is 523 g/mol. The second-order valence-corrected chi connectivity index (χ2v) is 14.4. The number of carbonyl (C=O) groups is 2. The Morgan fingerprint density at radius 3 is 2.42 bits per heavy atom. The Morgan fingerprint density at radius 1 is 1.00 bits per heavy atom. The largest absolute Gasteiger partial charge is 0.458 e. The van der Waals surface area contributed by atoms with E-state index >= 15 is 0 Å². The van der Waals surface area contributed by atoms with Crippen LogP contribution in [-0.4, -0.2) is 29.1 Å². The highest BCUT2D eigenvalue weighted by Gasteiger charge is 2.63. The fourth-order valence-electron chi connectivity index (χ4n) is 9.83. The fraction of sp³-hybridized carbons (Fsp3) is 0.765. The second kappa shape index (κ2) is 10.7. The number of benzene rings is 1. The van der Waals surface area contributed by atoms with E-state index < -0.39 is 0 Å². The van der Waals surface area contributed by atoms with E-state index in [4.69, 9.17) is 4.74 Å². The van der Waals surface area contributed by atoms with Crippen molar-refractivity contribution in [3.63, 3.8) is 0 Å². The predicted octanol–water partition coefficient (Wildman–Crippen LogP) is 7.48. The van der Waals surface area contributed by atoms with Crippen molar-refractivity contribution in [3.05, 3.63) is 35.9 Å². The summed E-state index contributed by atoms with van der Waals surface area (Å²) in [5.41, 5.74) is 1.03. The van der Waals surface area contributed by atoms with Crippen molar-refractivity contribution in [1.82, 2.24) is 0 Å². The van der Waals surface area contributed by atoms with Crippen LogP contribution in [0.2, 0.25) is 0 Å². The number of Topliss-reactive ketones (excluding diaryl/α,β-unsaturated/α-hetero) is 1. The molecule has 0 heterocycles. The van der Waals surface area contributed by atoms with E-state index in [0.29, 0.717) is 65.6 Å². The summed E-state index contributed by atoms with van der Waals surface area (Å²) in [4.78, 5) is 25.9. The molecule has 0 amide bonds. The smallest absolute Gasteiger partial charge is 0.338 e. The van der Waals surface area contributed by atoms with E-state index in [9.17, 15) is 14.7 Å². The number of ether oxygens (including phenoxy) is 1. The number of hydrogen-bond acceptors (Lipinski definition) is 4. The van der Waals surface area contributed by atoms with Gasteiger partial charge in [-0.25, -0.2) is 4.79 Å². The molecule has 0 aliphatic heterocycles. The number of aliphatic hydroxyl groups excluding tert-OH is 1. The maximum atomic E-state index is 13.3. The first-order valence-electron chi connectivity index (χ1n) is 15.5. The van der Waals surface area contributed by atoms with E-state index in [1.165, 1.54) is 25.7 Å². The lowest BCUT2D eigenvalue weighted by Gasteiger charge is -2.62. The molecule has 1 aromatic rings. The summed E-state index contributed by atoms with van der Waals surface area (Å²) < 4.78 is 6.45. The zero-order chi connectivity index (χ0) is 27.2. The number of fused-ring (bicyclic) bond motifs is 5. The van der Waals surface area contributed by atoms with Gasteiger partial charge in [-0.05, 0) is 110 Å². The molecule has 38 heavy (non-hydrogen) atoms. The number of hydrogen-bond donors (Lipinski definition) is 1. The topological polar surface area (TPSA) is 63.6 Å². The summed E-state index contributed by atoms with van der Waals surface area (Å²) in [6.45, 7) is 11.6. The number of ketones is 1. The molecule has 4 aliphatic rings. The molecule has 0 bridgehead atoms. The number of rotatable bonds is 7. The first kappa shape index (κ1) is 27.9.